The van der Waals surface area contributed by atoms with Gasteiger partial charge in [0.05, 0.1) is 5.56 Å². The first-order chi connectivity index (χ1) is 14.4. The zero-order valence-electron chi connectivity index (χ0n) is 16.5. The number of nitrogens with one attached hydrogen (secondary N) is 1. The van der Waals surface area contributed by atoms with Gasteiger partial charge in [-0.15, -0.1) is 0 Å². The molecular weight excluding hydrogens is 389 g/mol. The molecule has 1 saturated carbocycles. The number of ether oxygens (including phenoxy) is 1. The molecule has 30 heavy (non-hydrogen) atoms. The first kappa shape index (κ1) is 19.8. The van der Waals surface area contributed by atoms with Crippen LogP contribution >= 0.6 is 0 Å². The molecule has 1 aliphatic carbocycles. The van der Waals surface area contributed by atoms with Gasteiger partial charge in [-0.1, -0.05) is 23.4 Å². The van der Waals surface area contributed by atoms with Crippen molar-refractivity contribution in [3.05, 3.63) is 65.3 Å². The summed E-state index contributed by atoms with van der Waals surface area (Å²) in [6.45, 7) is 3.26. The minimum Gasteiger partial charge on any atom is -0.449 e. The van der Waals surface area contributed by atoms with Crippen LogP contribution < -0.4 is 5.32 Å². The first-order valence-electron chi connectivity index (χ1n) is 9.63. The van der Waals surface area contributed by atoms with Crippen molar-refractivity contribution in [1.82, 2.24) is 10.1 Å². The van der Waals surface area contributed by atoms with Crippen molar-refractivity contribution in [3.8, 4) is 11.4 Å². The fourth-order valence-corrected chi connectivity index (χ4v) is 2.84. The lowest BCUT2D eigenvalue weighted by Gasteiger charge is -2.10. The smallest absolute Gasteiger partial charge is 0.338 e. The molecule has 1 N–H and O–H groups in total. The number of hydrogen-bond donors (Lipinski definition) is 1. The van der Waals surface area contributed by atoms with Gasteiger partial charge >= 0.3 is 5.97 Å². The van der Waals surface area contributed by atoms with Crippen molar-refractivity contribution < 1.29 is 23.2 Å². The number of carbonyl (C=O) groups excluding carboxylic acids is 2. The van der Waals surface area contributed by atoms with E-state index in [2.05, 4.69) is 15.5 Å². The van der Waals surface area contributed by atoms with Crippen molar-refractivity contribution in [1.29, 1.82) is 0 Å². The quantitative estimate of drug-likeness (QED) is 0.605. The summed E-state index contributed by atoms with van der Waals surface area (Å²) in [6, 6.07) is 11.2. The summed E-state index contributed by atoms with van der Waals surface area (Å²) in [7, 11) is 0. The fraction of sp³-hybridized carbons (Fsp3) is 0.273. The van der Waals surface area contributed by atoms with Crippen molar-refractivity contribution in [2.45, 2.75) is 32.8 Å². The summed E-state index contributed by atoms with van der Waals surface area (Å²) in [5.41, 5.74) is 1.80. The molecule has 3 aromatic rings. The normalized spacial score (nSPS) is 14.2. The van der Waals surface area contributed by atoms with Gasteiger partial charge in [-0.3, -0.25) is 4.79 Å². The van der Waals surface area contributed by atoms with Gasteiger partial charge in [0, 0.05) is 17.2 Å². The van der Waals surface area contributed by atoms with Crippen LogP contribution in [0.25, 0.3) is 11.4 Å². The summed E-state index contributed by atoms with van der Waals surface area (Å²) in [4.78, 5) is 28.6. The monoisotopic (exact) mass is 409 g/mol. The van der Waals surface area contributed by atoms with Gasteiger partial charge in [0.25, 0.3) is 5.89 Å². The summed E-state index contributed by atoms with van der Waals surface area (Å²) in [6.07, 6.45) is 0.984. The van der Waals surface area contributed by atoms with Gasteiger partial charge in [0.15, 0.2) is 6.10 Å². The zero-order valence-corrected chi connectivity index (χ0v) is 16.5. The lowest BCUT2D eigenvalue weighted by Crippen LogP contribution is -2.14. The van der Waals surface area contributed by atoms with Gasteiger partial charge in [0.1, 0.15) is 5.82 Å². The molecule has 154 valence electrons. The first-order valence-corrected chi connectivity index (χ1v) is 9.63. The van der Waals surface area contributed by atoms with Crippen LogP contribution in [0.4, 0.5) is 10.1 Å². The Morgan fingerprint density at radius 1 is 1.23 bits per heavy atom. The van der Waals surface area contributed by atoms with Gasteiger partial charge in [-0.2, -0.15) is 4.98 Å². The predicted molar refractivity (Wildman–Crippen MR) is 106 cm³/mol. The Morgan fingerprint density at radius 3 is 2.77 bits per heavy atom. The molecular formula is C22H20FN3O4. The summed E-state index contributed by atoms with van der Waals surface area (Å²) < 4.78 is 24.4. The van der Waals surface area contributed by atoms with Crippen molar-refractivity contribution in [2.24, 2.45) is 5.92 Å². The number of esters is 1. The van der Waals surface area contributed by atoms with Gasteiger partial charge in [-0.05, 0) is 56.5 Å². The average Bonchev–Trinajstić information content (AvgIpc) is 3.47. The molecule has 7 nitrogen and oxygen atoms in total. The number of carbonyl (C=O) groups is 2. The van der Waals surface area contributed by atoms with E-state index in [4.69, 9.17) is 9.26 Å². The van der Waals surface area contributed by atoms with E-state index >= 15 is 0 Å². The average molecular weight is 409 g/mol. The molecule has 8 heteroatoms. The lowest BCUT2D eigenvalue weighted by molar-refractivity contribution is -0.117. The highest BCUT2D eigenvalue weighted by atomic mass is 19.1. The maximum Gasteiger partial charge on any atom is 0.338 e. The van der Waals surface area contributed by atoms with Gasteiger partial charge < -0.3 is 14.6 Å². The van der Waals surface area contributed by atoms with E-state index in [1.807, 2.05) is 0 Å². The SMILES string of the molecule is Cc1ccc(-c2noc(C(C)OC(=O)c3cccc(NC(=O)C4CC4)c3)n2)cc1F. The number of nitrogens with zero attached hydrogens (tertiary/aromatic N) is 2. The van der Waals surface area contributed by atoms with Gasteiger partial charge in [-0.25, -0.2) is 9.18 Å². The number of amides is 1. The molecule has 0 aliphatic heterocycles. The van der Waals surface area contributed by atoms with Crippen LogP contribution in [0.15, 0.2) is 47.0 Å². The summed E-state index contributed by atoms with van der Waals surface area (Å²) in [5, 5.41) is 6.63. The minimum absolute atomic E-state index is 0.0418. The van der Waals surface area contributed by atoms with Crippen LogP contribution in [0, 0.1) is 18.7 Å². The van der Waals surface area contributed by atoms with E-state index in [0.717, 1.165) is 12.8 Å². The van der Waals surface area contributed by atoms with Crippen LogP contribution in [0.1, 0.15) is 47.7 Å². The second-order valence-electron chi connectivity index (χ2n) is 7.31. The second kappa shape index (κ2) is 8.06. The number of halogens is 1. The third-order valence-electron chi connectivity index (χ3n) is 4.82. The van der Waals surface area contributed by atoms with E-state index in [9.17, 15) is 14.0 Å². The third kappa shape index (κ3) is 4.37. The highest BCUT2D eigenvalue weighted by molar-refractivity contribution is 5.96. The minimum atomic E-state index is -0.807. The number of aromatic nitrogens is 2. The Kier molecular flexibility index (Phi) is 5.31. The second-order valence-corrected chi connectivity index (χ2v) is 7.31. The highest BCUT2D eigenvalue weighted by Gasteiger charge is 2.29. The molecule has 2 aromatic carbocycles. The Bertz CT molecular complexity index is 1110. The molecule has 1 aliphatic rings. The number of hydrogen-bond acceptors (Lipinski definition) is 6. The van der Waals surface area contributed by atoms with Crippen molar-refractivity contribution >= 4 is 17.6 Å². The molecule has 1 amide bonds. The topological polar surface area (TPSA) is 94.3 Å². The van der Waals surface area contributed by atoms with E-state index < -0.39 is 12.1 Å². The molecule has 4 rings (SSSR count). The van der Waals surface area contributed by atoms with E-state index in [1.54, 1.807) is 50.2 Å². The predicted octanol–water partition coefficient (Wildman–Crippen LogP) is 4.45. The van der Waals surface area contributed by atoms with E-state index in [-0.39, 0.29) is 34.9 Å². The number of benzene rings is 2. The maximum absolute atomic E-state index is 13.8. The standard InChI is InChI=1S/C22H20FN3O4/c1-12-6-7-15(11-18(12)23)19-25-21(30-26-19)13(2)29-22(28)16-4-3-5-17(10-16)24-20(27)14-8-9-14/h3-7,10-11,13-14H,8-9H2,1-2H3,(H,24,27). The van der Waals surface area contributed by atoms with Crippen LogP contribution in [0.5, 0.6) is 0 Å². The van der Waals surface area contributed by atoms with Crippen molar-refractivity contribution in [3.63, 3.8) is 0 Å². The fourth-order valence-electron chi connectivity index (χ4n) is 2.84. The Labute approximate surface area is 172 Å². The largest absolute Gasteiger partial charge is 0.449 e. The third-order valence-corrected chi connectivity index (χ3v) is 4.82. The molecule has 1 aromatic heterocycles. The maximum atomic E-state index is 13.8. The Balaban J connectivity index is 1.43. The highest BCUT2D eigenvalue weighted by Crippen LogP contribution is 2.30. The van der Waals surface area contributed by atoms with Crippen LogP contribution in [-0.2, 0) is 9.53 Å². The lowest BCUT2D eigenvalue weighted by atomic mass is 10.1. The number of anilines is 1. The molecule has 1 fully saturated rings. The zero-order chi connectivity index (χ0) is 21.3. The Hall–Kier alpha value is -3.55. The molecule has 1 unspecified atom stereocenters. The molecule has 1 atom stereocenters. The van der Waals surface area contributed by atoms with E-state index in [1.165, 1.54) is 6.07 Å². The van der Waals surface area contributed by atoms with Crippen molar-refractivity contribution in [2.75, 3.05) is 5.32 Å². The number of rotatable bonds is 6. The molecule has 1 heterocycles. The summed E-state index contributed by atoms with van der Waals surface area (Å²) in [5.74, 6) is -0.638. The van der Waals surface area contributed by atoms with Crippen LogP contribution in [0.3, 0.4) is 0 Å². The van der Waals surface area contributed by atoms with Crippen LogP contribution in [0.2, 0.25) is 0 Å². The van der Waals surface area contributed by atoms with Crippen LogP contribution in [-0.4, -0.2) is 22.0 Å². The molecule has 0 saturated heterocycles. The van der Waals surface area contributed by atoms with Gasteiger partial charge in [0.2, 0.25) is 11.7 Å². The Morgan fingerprint density at radius 2 is 2.03 bits per heavy atom. The molecule has 0 radical (unpaired) electrons. The van der Waals surface area contributed by atoms with E-state index in [0.29, 0.717) is 16.8 Å². The molecule has 0 bridgehead atoms. The molecule has 0 spiro atoms. The summed E-state index contributed by atoms with van der Waals surface area (Å²) >= 11 is 0. The number of aryl methyl sites for hydroxylation is 1.